The van der Waals surface area contributed by atoms with Gasteiger partial charge in [-0.1, -0.05) is 0 Å². The topological polar surface area (TPSA) is 61.1 Å². The first-order valence-corrected chi connectivity index (χ1v) is 1.40. The van der Waals surface area contributed by atoms with Gasteiger partial charge in [0.2, 0.25) is 0 Å². The van der Waals surface area contributed by atoms with E-state index in [1.54, 1.807) is 0 Å². The van der Waals surface area contributed by atoms with Gasteiger partial charge in [-0.2, -0.15) is 0 Å². The quantitative estimate of drug-likeness (QED) is 0.269. The minimum absolute atomic E-state index is 0. The molecule has 0 rings (SSSR count). The Hall–Kier alpha value is 0.354. The molecule has 0 aliphatic heterocycles. The molecular formula is CHCoLiNO2. The van der Waals surface area contributed by atoms with Crippen molar-refractivity contribution < 1.29 is 41.9 Å². The fourth-order valence-electron chi connectivity index (χ4n) is 0. The summed E-state index contributed by atoms with van der Waals surface area (Å²) >= 11 is -0.812. The Morgan fingerprint density at radius 3 is 1.67 bits per heavy atom. The maximum absolute atomic E-state index is 8.45. The van der Waals surface area contributed by atoms with Crippen LogP contribution in [0.3, 0.4) is 0 Å². The molecule has 0 atom stereocenters. The fourth-order valence-corrected chi connectivity index (χ4v) is 0. The average molecular weight is 125 g/mol. The third-order valence-corrected chi connectivity index (χ3v) is 0. The molecule has 0 amide bonds. The van der Waals surface area contributed by atoms with Gasteiger partial charge in [0.1, 0.15) is 0 Å². The predicted octanol–water partition coefficient (Wildman–Crippen LogP) is -3.58. The molecule has 0 heterocycles. The minimum atomic E-state index is -0.812. The molecule has 5 heteroatoms. The van der Waals surface area contributed by atoms with Crippen LogP contribution in [0.15, 0.2) is 0 Å². The standard InChI is InChI=1S/CN.Co.Li.H2O.O/c1-2;;;;/h;;;1H2;/q-1;2*+1;;/p-1. The molecule has 0 aromatic rings. The Morgan fingerprint density at radius 2 is 1.67 bits per heavy atom. The van der Waals surface area contributed by atoms with Crippen LogP contribution in [0.2, 0.25) is 0 Å². The van der Waals surface area contributed by atoms with Gasteiger partial charge in [0, 0.05) is 0 Å². The second kappa shape index (κ2) is 55.4. The van der Waals surface area contributed by atoms with Crippen molar-refractivity contribution >= 4 is 0 Å². The van der Waals surface area contributed by atoms with Gasteiger partial charge >= 0.3 is 41.9 Å². The van der Waals surface area contributed by atoms with E-state index >= 15 is 0 Å². The molecule has 3 nitrogen and oxygen atoms in total. The van der Waals surface area contributed by atoms with E-state index in [0.29, 0.717) is 0 Å². The molecule has 0 bridgehead atoms. The van der Waals surface area contributed by atoms with Crippen molar-refractivity contribution in [1.29, 1.82) is 5.26 Å². The second-order valence-corrected chi connectivity index (χ2v) is 0.251. The van der Waals surface area contributed by atoms with Gasteiger partial charge in [0.05, 0.1) is 0 Å². The van der Waals surface area contributed by atoms with Crippen LogP contribution in [-0.2, 0) is 18.8 Å². The molecular weight excluding hydrogens is 124 g/mol. The third kappa shape index (κ3) is 391. The van der Waals surface area contributed by atoms with Crippen molar-refractivity contribution in [2.75, 3.05) is 0 Å². The van der Waals surface area contributed by atoms with Gasteiger partial charge in [-0.3, -0.25) is 0 Å². The number of nitrogens with zero attached hydrogens (tertiary/aromatic N) is 1. The number of hydrogen-bond donors (Lipinski definition) is 1. The summed E-state index contributed by atoms with van der Waals surface area (Å²) in [7, 11) is 0. The van der Waals surface area contributed by atoms with E-state index in [1.165, 1.54) is 0 Å². The van der Waals surface area contributed by atoms with Crippen molar-refractivity contribution in [1.82, 2.24) is 0 Å². The molecule has 0 aromatic heterocycles. The first kappa shape index (κ1) is 16.2. The fraction of sp³-hybridized carbons (Fsp3) is 0. The van der Waals surface area contributed by atoms with Crippen LogP contribution in [0.1, 0.15) is 0 Å². The summed E-state index contributed by atoms with van der Waals surface area (Å²) in [6.45, 7) is 4.75. The van der Waals surface area contributed by atoms with Crippen molar-refractivity contribution in [3.63, 3.8) is 0 Å². The zero-order chi connectivity index (χ0) is 4.71. The van der Waals surface area contributed by atoms with Crippen LogP contribution in [0.25, 0.3) is 0 Å². The zero-order valence-corrected chi connectivity index (χ0v) is 4.18. The monoisotopic (exact) mass is 125 g/mol. The Bertz CT molecular complexity index is 37.8. The van der Waals surface area contributed by atoms with E-state index in [0.717, 1.165) is 0 Å². The summed E-state index contributed by atoms with van der Waals surface area (Å²) in [4.78, 5) is 0. The van der Waals surface area contributed by atoms with E-state index in [9.17, 15) is 0 Å². The van der Waals surface area contributed by atoms with E-state index in [-0.39, 0.29) is 18.9 Å². The van der Waals surface area contributed by atoms with Gasteiger partial charge in [-0.15, -0.1) is 0 Å². The normalized spacial score (nSPS) is 3.83. The molecule has 0 unspecified atom stereocenters. The summed E-state index contributed by atoms with van der Waals surface area (Å²) in [5, 5.41) is 6.25. The predicted molar refractivity (Wildman–Crippen MR) is 7.87 cm³/mol. The molecule has 0 aromatic carbocycles. The Kier molecular flexibility index (Phi) is 149. The Morgan fingerprint density at radius 1 is 1.67 bits per heavy atom. The molecule has 32 valence electrons. The number of hydrogen-bond acceptors (Lipinski definition) is 2. The van der Waals surface area contributed by atoms with E-state index in [1.807, 2.05) is 0 Å². The van der Waals surface area contributed by atoms with Gasteiger partial charge in [0.15, 0.2) is 0 Å². The molecule has 0 aliphatic carbocycles. The van der Waals surface area contributed by atoms with Gasteiger partial charge in [-0.05, 0) is 0 Å². The summed E-state index contributed by atoms with van der Waals surface area (Å²) in [6, 6.07) is 0. The SMILES string of the molecule is [C-]#N.[Li+].[O]=[Co][OH]. The Balaban J connectivity index is -0.0000000275. The number of rotatable bonds is 0. The third-order valence-electron chi connectivity index (χ3n) is 0. The molecule has 0 saturated carbocycles. The average Bonchev–Trinajstić information content (AvgIpc) is 1.46. The van der Waals surface area contributed by atoms with Crippen molar-refractivity contribution in [2.45, 2.75) is 0 Å². The molecule has 6 heavy (non-hydrogen) atoms. The molecule has 1 N–H and O–H groups in total. The van der Waals surface area contributed by atoms with E-state index in [2.05, 4.69) is 0 Å². The first-order chi connectivity index (χ1) is 2.41. The van der Waals surface area contributed by atoms with E-state index < -0.39 is 15.0 Å². The van der Waals surface area contributed by atoms with Crippen LogP contribution in [0.4, 0.5) is 0 Å². The van der Waals surface area contributed by atoms with Gasteiger partial charge in [-0.25, -0.2) is 0 Å². The second-order valence-electron chi connectivity index (χ2n) is 0.0609. The molecule has 0 radical (unpaired) electrons. The zero-order valence-electron chi connectivity index (χ0n) is 3.14. The summed E-state index contributed by atoms with van der Waals surface area (Å²) in [5.41, 5.74) is 0. The van der Waals surface area contributed by atoms with Crippen LogP contribution >= 0.6 is 0 Å². The van der Waals surface area contributed by atoms with Gasteiger partial charge in [0.25, 0.3) is 0 Å². The maximum atomic E-state index is 8.45. The Labute approximate surface area is 54.0 Å². The summed E-state index contributed by atoms with van der Waals surface area (Å²) in [5.74, 6) is 0. The molecule has 0 fully saturated rings. The van der Waals surface area contributed by atoms with Crippen molar-refractivity contribution in [3.05, 3.63) is 6.57 Å². The molecule has 0 saturated heterocycles. The van der Waals surface area contributed by atoms with Crippen LogP contribution < -0.4 is 18.9 Å². The summed E-state index contributed by atoms with van der Waals surface area (Å²) in [6.07, 6.45) is 0. The molecule has 0 spiro atoms. The van der Waals surface area contributed by atoms with Crippen LogP contribution in [-0.4, -0.2) is 4.22 Å². The van der Waals surface area contributed by atoms with Crippen molar-refractivity contribution in [2.24, 2.45) is 0 Å². The van der Waals surface area contributed by atoms with E-state index in [4.69, 9.17) is 19.9 Å². The van der Waals surface area contributed by atoms with Gasteiger partial charge < -0.3 is 11.8 Å². The first-order valence-electron chi connectivity index (χ1n) is 0.509. The molecule has 0 aliphatic rings. The van der Waals surface area contributed by atoms with Crippen molar-refractivity contribution in [3.8, 4) is 0 Å². The van der Waals surface area contributed by atoms with Crippen LogP contribution in [0.5, 0.6) is 0 Å². The summed E-state index contributed by atoms with van der Waals surface area (Å²) < 4.78 is 15.4. The van der Waals surface area contributed by atoms with Crippen LogP contribution in [0, 0.1) is 11.8 Å².